The van der Waals surface area contributed by atoms with Crippen molar-refractivity contribution in [2.45, 2.75) is 13.5 Å². The number of halogens is 1. The minimum Gasteiger partial charge on any atom is -0.444 e. The van der Waals surface area contributed by atoms with Crippen molar-refractivity contribution in [2.75, 3.05) is 0 Å². The van der Waals surface area contributed by atoms with Crippen LogP contribution in [0, 0.1) is 17.0 Å². The molecule has 0 bridgehead atoms. The van der Waals surface area contributed by atoms with Gasteiger partial charge in [0.05, 0.1) is 23.2 Å². The number of aryl methyl sites for hydroxylation is 1. The summed E-state index contributed by atoms with van der Waals surface area (Å²) >= 11 is 5.84. The molecule has 2 rings (SSSR count). The van der Waals surface area contributed by atoms with E-state index in [0.717, 1.165) is 0 Å². The van der Waals surface area contributed by atoms with E-state index in [1.807, 2.05) is 0 Å². The SMILES string of the molecule is Cc1cnc(CNC(=O)c2cccc([N+](=O)[O-])c2Cl)o1. The molecular weight excluding hydrogens is 286 g/mol. The van der Waals surface area contributed by atoms with Crippen molar-refractivity contribution in [3.63, 3.8) is 0 Å². The van der Waals surface area contributed by atoms with Crippen LogP contribution >= 0.6 is 11.6 Å². The molecule has 104 valence electrons. The minimum atomic E-state index is -0.642. The van der Waals surface area contributed by atoms with Crippen molar-refractivity contribution in [1.29, 1.82) is 0 Å². The zero-order valence-electron chi connectivity index (χ0n) is 10.4. The molecule has 1 aromatic heterocycles. The summed E-state index contributed by atoms with van der Waals surface area (Å²) in [5.41, 5.74) is -0.282. The topological polar surface area (TPSA) is 98.3 Å². The average Bonchev–Trinajstić information content (AvgIpc) is 2.81. The van der Waals surface area contributed by atoms with Gasteiger partial charge in [0.2, 0.25) is 5.89 Å². The quantitative estimate of drug-likeness (QED) is 0.690. The van der Waals surface area contributed by atoms with Crippen LogP contribution in [-0.2, 0) is 6.54 Å². The van der Waals surface area contributed by atoms with E-state index < -0.39 is 10.8 Å². The molecule has 1 aromatic carbocycles. The molecule has 0 radical (unpaired) electrons. The molecule has 0 aliphatic rings. The highest BCUT2D eigenvalue weighted by molar-refractivity contribution is 6.35. The van der Waals surface area contributed by atoms with Gasteiger partial charge < -0.3 is 9.73 Å². The number of hydrogen-bond acceptors (Lipinski definition) is 5. The second-order valence-electron chi connectivity index (χ2n) is 3.94. The average molecular weight is 296 g/mol. The first kappa shape index (κ1) is 14.0. The van der Waals surface area contributed by atoms with Gasteiger partial charge in [0, 0.05) is 6.07 Å². The largest absolute Gasteiger partial charge is 0.444 e. The number of rotatable bonds is 4. The lowest BCUT2D eigenvalue weighted by Gasteiger charge is -2.05. The van der Waals surface area contributed by atoms with Crippen LogP contribution in [0.4, 0.5) is 5.69 Å². The normalized spacial score (nSPS) is 10.3. The Morgan fingerprint density at radius 3 is 2.90 bits per heavy atom. The van der Waals surface area contributed by atoms with E-state index in [4.69, 9.17) is 16.0 Å². The fraction of sp³-hybridized carbons (Fsp3) is 0.167. The number of nitro benzene ring substituents is 1. The van der Waals surface area contributed by atoms with Gasteiger partial charge in [-0.05, 0) is 13.0 Å². The van der Waals surface area contributed by atoms with Crippen LogP contribution in [0.2, 0.25) is 5.02 Å². The van der Waals surface area contributed by atoms with Gasteiger partial charge in [-0.2, -0.15) is 0 Å². The molecular formula is C12H10ClN3O4. The summed E-state index contributed by atoms with van der Waals surface area (Å²) in [5.74, 6) is 0.439. The smallest absolute Gasteiger partial charge is 0.288 e. The minimum absolute atomic E-state index is 0.0316. The molecule has 0 saturated heterocycles. The van der Waals surface area contributed by atoms with Crippen LogP contribution in [0.3, 0.4) is 0 Å². The molecule has 20 heavy (non-hydrogen) atoms. The Hall–Kier alpha value is -2.41. The summed E-state index contributed by atoms with van der Waals surface area (Å²) in [4.78, 5) is 26.0. The Bertz CT molecular complexity index is 668. The van der Waals surface area contributed by atoms with Crippen LogP contribution in [0.15, 0.2) is 28.8 Å². The van der Waals surface area contributed by atoms with Gasteiger partial charge in [0.15, 0.2) is 0 Å². The maximum absolute atomic E-state index is 11.9. The molecule has 1 heterocycles. The Labute approximate surface area is 118 Å². The monoisotopic (exact) mass is 295 g/mol. The first-order valence-electron chi connectivity index (χ1n) is 5.61. The third-order valence-electron chi connectivity index (χ3n) is 2.49. The van der Waals surface area contributed by atoms with Crippen molar-refractivity contribution in [3.05, 3.63) is 56.7 Å². The lowest BCUT2D eigenvalue weighted by Crippen LogP contribution is -2.23. The number of oxazole rings is 1. The maximum atomic E-state index is 11.9. The molecule has 0 aliphatic carbocycles. The third-order valence-corrected chi connectivity index (χ3v) is 2.89. The zero-order chi connectivity index (χ0) is 14.7. The van der Waals surface area contributed by atoms with Crippen LogP contribution < -0.4 is 5.32 Å². The van der Waals surface area contributed by atoms with E-state index in [-0.39, 0.29) is 22.8 Å². The number of aromatic nitrogens is 1. The molecule has 0 atom stereocenters. The number of nitrogens with zero attached hydrogens (tertiary/aromatic N) is 2. The second kappa shape index (κ2) is 5.70. The van der Waals surface area contributed by atoms with Crippen LogP contribution in [-0.4, -0.2) is 15.8 Å². The van der Waals surface area contributed by atoms with Gasteiger partial charge in [-0.3, -0.25) is 14.9 Å². The highest BCUT2D eigenvalue weighted by atomic mass is 35.5. The molecule has 0 unspecified atom stereocenters. The number of benzene rings is 1. The first-order chi connectivity index (χ1) is 9.49. The van der Waals surface area contributed by atoms with Gasteiger partial charge in [-0.15, -0.1) is 0 Å². The predicted octanol–water partition coefficient (Wildman–Crippen LogP) is 2.47. The third kappa shape index (κ3) is 2.94. The van der Waals surface area contributed by atoms with Gasteiger partial charge in [0.25, 0.3) is 11.6 Å². The number of carbonyl (C=O) groups is 1. The van der Waals surface area contributed by atoms with E-state index in [9.17, 15) is 14.9 Å². The molecule has 1 amide bonds. The molecule has 8 heteroatoms. The Morgan fingerprint density at radius 1 is 1.55 bits per heavy atom. The summed E-state index contributed by atoms with van der Waals surface area (Å²) in [6.07, 6.45) is 1.53. The standard InChI is InChI=1S/C12H10ClN3O4/c1-7-5-14-10(20-7)6-15-12(17)8-3-2-4-9(11(8)13)16(18)19/h2-5H,6H2,1H3,(H,15,17). The number of hydrogen-bond donors (Lipinski definition) is 1. The van der Waals surface area contributed by atoms with E-state index in [2.05, 4.69) is 10.3 Å². The fourth-order valence-electron chi connectivity index (χ4n) is 1.57. The van der Waals surface area contributed by atoms with E-state index >= 15 is 0 Å². The Morgan fingerprint density at radius 2 is 2.30 bits per heavy atom. The summed E-state index contributed by atoms with van der Waals surface area (Å²) in [6, 6.07) is 4.04. The van der Waals surface area contributed by atoms with Crippen molar-refractivity contribution in [3.8, 4) is 0 Å². The molecule has 1 N–H and O–H groups in total. The van der Waals surface area contributed by atoms with Gasteiger partial charge >= 0.3 is 0 Å². The lowest BCUT2D eigenvalue weighted by atomic mass is 10.2. The van der Waals surface area contributed by atoms with Crippen LogP contribution in [0.25, 0.3) is 0 Å². The van der Waals surface area contributed by atoms with Crippen molar-refractivity contribution in [2.24, 2.45) is 0 Å². The van der Waals surface area contributed by atoms with E-state index in [0.29, 0.717) is 11.7 Å². The van der Waals surface area contributed by atoms with Gasteiger partial charge in [-0.1, -0.05) is 17.7 Å². The molecule has 0 fully saturated rings. The molecule has 0 aliphatic heterocycles. The van der Waals surface area contributed by atoms with E-state index in [1.165, 1.54) is 24.4 Å². The molecule has 2 aromatic rings. The van der Waals surface area contributed by atoms with Crippen LogP contribution in [0.5, 0.6) is 0 Å². The predicted molar refractivity (Wildman–Crippen MR) is 70.5 cm³/mol. The van der Waals surface area contributed by atoms with Gasteiger partial charge in [-0.25, -0.2) is 4.98 Å². The number of nitro groups is 1. The summed E-state index contributed by atoms with van der Waals surface area (Å²) in [6.45, 7) is 1.81. The van der Waals surface area contributed by atoms with Crippen molar-refractivity contribution < 1.29 is 14.1 Å². The summed E-state index contributed by atoms with van der Waals surface area (Å²) in [7, 11) is 0. The number of amides is 1. The maximum Gasteiger partial charge on any atom is 0.288 e. The van der Waals surface area contributed by atoms with Gasteiger partial charge in [0.1, 0.15) is 10.8 Å². The highest BCUT2D eigenvalue weighted by Crippen LogP contribution is 2.27. The van der Waals surface area contributed by atoms with Crippen molar-refractivity contribution in [1.82, 2.24) is 10.3 Å². The number of nitrogens with one attached hydrogen (secondary N) is 1. The van der Waals surface area contributed by atoms with Crippen LogP contribution in [0.1, 0.15) is 22.0 Å². The first-order valence-corrected chi connectivity index (χ1v) is 5.99. The molecule has 7 nitrogen and oxygen atoms in total. The number of carbonyl (C=O) groups excluding carboxylic acids is 1. The zero-order valence-corrected chi connectivity index (χ0v) is 11.2. The molecule has 0 saturated carbocycles. The summed E-state index contributed by atoms with van der Waals surface area (Å²) in [5, 5.41) is 13.1. The second-order valence-corrected chi connectivity index (χ2v) is 4.32. The molecule has 0 spiro atoms. The summed E-state index contributed by atoms with van der Waals surface area (Å²) < 4.78 is 5.19. The highest BCUT2D eigenvalue weighted by Gasteiger charge is 2.19. The van der Waals surface area contributed by atoms with E-state index in [1.54, 1.807) is 6.92 Å². The Kier molecular flexibility index (Phi) is 3.99. The Balaban J connectivity index is 2.13. The fourth-order valence-corrected chi connectivity index (χ4v) is 1.85. The van der Waals surface area contributed by atoms with Crippen molar-refractivity contribution >= 4 is 23.2 Å². The lowest BCUT2D eigenvalue weighted by molar-refractivity contribution is -0.384.